The van der Waals surface area contributed by atoms with Crippen molar-refractivity contribution in [3.63, 3.8) is 0 Å². The highest BCUT2D eigenvalue weighted by Gasteiger charge is 2.36. The Morgan fingerprint density at radius 3 is 2.08 bits per heavy atom. The van der Waals surface area contributed by atoms with Crippen LogP contribution < -0.4 is 10.0 Å². The highest BCUT2D eigenvalue weighted by atomic mass is 32.2. The molecule has 0 amide bonds. The van der Waals surface area contributed by atoms with Crippen molar-refractivity contribution in [2.45, 2.75) is 67.4 Å². The van der Waals surface area contributed by atoms with Crippen LogP contribution in [0.1, 0.15) is 36.8 Å². The molecular weight excluding hydrogens is 348 g/mol. The van der Waals surface area contributed by atoms with Crippen molar-refractivity contribution in [3.8, 4) is 0 Å². The van der Waals surface area contributed by atoms with E-state index in [1.54, 1.807) is 19.9 Å². The number of fused-ring (bicyclic) bond motifs is 2. The molecule has 3 rings (SSSR count). The fourth-order valence-corrected chi connectivity index (χ4v) is 6.64. The average molecular weight is 373 g/mol. The van der Waals surface area contributed by atoms with E-state index in [1.807, 2.05) is 0 Å². The predicted molar refractivity (Wildman–Crippen MR) is 92.3 cm³/mol. The first-order valence-corrected chi connectivity index (χ1v) is 11.5. The molecule has 2 unspecified atom stereocenters. The SMILES string of the molecule is Cc1cc(S(C)(=O)=O)c(C)c(S(=O)(=O)NC2CC3CCC(C2)N3)c1. The molecule has 2 heterocycles. The highest BCUT2D eigenvalue weighted by molar-refractivity contribution is 7.91. The third kappa shape index (κ3) is 3.51. The van der Waals surface area contributed by atoms with Crippen molar-refractivity contribution in [3.05, 3.63) is 23.3 Å². The lowest BCUT2D eigenvalue weighted by molar-refractivity contribution is 0.345. The molecule has 1 aromatic rings. The van der Waals surface area contributed by atoms with Gasteiger partial charge in [-0.25, -0.2) is 21.6 Å². The Bertz CT molecular complexity index is 850. The first kappa shape index (κ1) is 17.8. The van der Waals surface area contributed by atoms with Crippen LogP contribution in [0.4, 0.5) is 0 Å². The van der Waals surface area contributed by atoms with E-state index in [4.69, 9.17) is 0 Å². The van der Waals surface area contributed by atoms with Gasteiger partial charge in [0.25, 0.3) is 0 Å². The summed E-state index contributed by atoms with van der Waals surface area (Å²) in [6.07, 6.45) is 4.83. The van der Waals surface area contributed by atoms with Gasteiger partial charge in [0.1, 0.15) is 0 Å². The molecule has 0 spiro atoms. The Labute approximate surface area is 144 Å². The zero-order chi connectivity index (χ0) is 17.7. The number of hydrogen-bond donors (Lipinski definition) is 2. The van der Waals surface area contributed by atoms with E-state index in [0.29, 0.717) is 17.6 Å². The summed E-state index contributed by atoms with van der Waals surface area (Å²) in [7, 11) is -7.24. The maximum absolute atomic E-state index is 12.9. The zero-order valence-corrected chi connectivity index (χ0v) is 15.8. The molecule has 2 aliphatic heterocycles. The third-order valence-electron chi connectivity index (χ3n) is 4.94. The van der Waals surface area contributed by atoms with Crippen LogP contribution in [-0.2, 0) is 19.9 Å². The number of benzene rings is 1. The maximum atomic E-state index is 12.9. The van der Waals surface area contributed by atoms with Gasteiger partial charge in [0, 0.05) is 24.4 Å². The van der Waals surface area contributed by atoms with Gasteiger partial charge in [-0.05, 0) is 62.8 Å². The molecule has 0 saturated carbocycles. The second kappa shape index (κ2) is 6.09. The van der Waals surface area contributed by atoms with Gasteiger partial charge in [-0.2, -0.15) is 0 Å². The van der Waals surface area contributed by atoms with Crippen LogP contribution in [0.15, 0.2) is 21.9 Å². The minimum Gasteiger partial charge on any atom is -0.311 e. The van der Waals surface area contributed by atoms with Crippen LogP contribution in [-0.4, -0.2) is 41.2 Å². The van der Waals surface area contributed by atoms with Crippen molar-refractivity contribution in [2.24, 2.45) is 0 Å². The first-order chi connectivity index (χ1) is 11.1. The van der Waals surface area contributed by atoms with Crippen molar-refractivity contribution in [2.75, 3.05) is 6.26 Å². The highest BCUT2D eigenvalue weighted by Crippen LogP contribution is 2.29. The largest absolute Gasteiger partial charge is 0.311 e. The summed E-state index contributed by atoms with van der Waals surface area (Å²) < 4.78 is 52.4. The van der Waals surface area contributed by atoms with E-state index in [9.17, 15) is 16.8 Å². The van der Waals surface area contributed by atoms with Gasteiger partial charge in [0.15, 0.2) is 9.84 Å². The Kier molecular flexibility index (Phi) is 4.53. The number of hydrogen-bond acceptors (Lipinski definition) is 5. The maximum Gasteiger partial charge on any atom is 0.241 e. The third-order valence-corrected chi connectivity index (χ3v) is 7.81. The predicted octanol–water partition coefficient (Wildman–Crippen LogP) is 1.27. The lowest BCUT2D eigenvalue weighted by Crippen LogP contribution is -2.48. The van der Waals surface area contributed by atoms with Gasteiger partial charge in [0.05, 0.1) is 9.79 Å². The fraction of sp³-hybridized carbons (Fsp3) is 0.625. The Morgan fingerprint density at radius 2 is 1.54 bits per heavy atom. The molecule has 0 aromatic heterocycles. The molecule has 8 heteroatoms. The summed E-state index contributed by atoms with van der Waals surface area (Å²) in [4.78, 5) is 0.141. The molecule has 2 aliphatic rings. The van der Waals surface area contributed by atoms with E-state index in [-0.39, 0.29) is 21.4 Å². The molecule has 2 bridgehead atoms. The van der Waals surface area contributed by atoms with Gasteiger partial charge in [0.2, 0.25) is 10.0 Å². The minimum absolute atomic E-state index is 0.0637. The number of aryl methyl sites for hydroxylation is 1. The zero-order valence-electron chi connectivity index (χ0n) is 14.2. The van der Waals surface area contributed by atoms with E-state index in [2.05, 4.69) is 10.0 Å². The smallest absolute Gasteiger partial charge is 0.241 e. The molecule has 2 atom stereocenters. The molecule has 2 saturated heterocycles. The summed E-state index contributed by atoms with van der Waals surface area (Å²) in [5, 5.41) is 3.48. The molecule has 0 aliphatic carbocycles. The average Bonchev–Trinajstić information content (AvgIpc) is 2.78. The monoisotopic (exact) mass is 372 g/mol. The summed E-state index contributed by atoms with van der Waals surface area (Å²) in [6, 6.07) is 3.72. The van der Waals surface area contributed by atoms with Crippen LogP contribution in [0.5, 0.6) is 0 Å². The molecule has 0 radical (unpaired) electrons. The lowest BCUT2D eigenvalue weighted by atomic mass is 10.0. The van der Waals surface area contributed by atoms with Gasteiger partial charge >= 0.3 is 0 Å². The summed E-state index contributed by atoms with van der Waals surface area (Å²) in [5.41, 5.74) is 0.902. The lowest BCUT2D eigenvalue weighted by Gasteiger charge is -2.29. The first-order valence-electron chi connectivity index (χ1n) is 8.16. The van der Waals surface area contributed by atoms with Crippen LogP contribution >= 0.6 is 0 Å². The van der Waals surface area contributed by atoms with E-state index in [0.717, 1.165) is 31.9 Å². The molecule has 134 valence electrons. The van der Waals surface area contributed by atoms with Crippen LogP contribution in [0.25, 0.3) is 0 Å². The minimum atomic E-state index is -3.76. The molecular formula is C16H24N2O4S2. The molecule has 2 fully saturated rings. The van der Waals surface area contributed by atoms with Crippen molar-refractivity contribution in [1.82, 2.24) is 10.0 Å². The van der Waals surface area contributed by atoms with E-state index in [1.165, 1.54) is 6.07 Å². The molecule has 2 N–H and O–H groups in total. The van der Waals surface area contributed by atoms with Crippen molar-refractivity contribution >= 4 is 19.9 Å². The fourth-order valence-electron chi connectivity index (χ4n) is 3.89. The van der Waals surface area contributed by atoms with Crippen molar-refractivity contribution < 1.29 is 16.8 Å². The number of piperidine rings is 1. The van der Waals surface area contributed by atoms with Gasteiger partial charge in [-0.15, -0.1) is 0 Å². The van der Waals surface area contributed by atoms with Gasteiger partial charge in [-0.3, -0.25) is 0 Å². The van der Waals surface area contributed by atoms with Gasteiger partial charge < -0.3 is 5.32 Å². The number of rotatable bonds is 4. The van der Waals surface area contributed by atoms with Crippen LogP contribution in [0, 0.1) is 13.8 Å². The van der Waals surface area contributed by atoms with Crippen LogP contribution in [0.3, 0.4) is 0 Å². The van der Waals surface area contributed by atoms with Crippen LogP contribution in [0.2, 0.25) is 0 Å². The second-order valence-electron chi connectivity index (χ2n) is 7.09. The van der Waals surface area contributed by atoms with E-state index < -0.39 is 19.9 Å². The number of sulfone groups is 1. The number of sulfonamides is 1. The Balaban J connectivity index is 1.94. The summed E-state index contributed by atoms with van der Waals surface area (Å²) in [5.74, 6) is 0. The number of nitrogens with one attached hydrogen (secondary N) is 2. The summed E-state index contributed by atoms with van der Waals surface area (Å²) >= 11 is 0. The van der Waals surface area contributed by atoms with E-state index >= 15 is 0 Å². The second-order valence-corrected chi connectivity index (χ2v) is 10.8. The van der Waals surface area contributed by atoms with Crippen molar-refractivity contribution in [1.29, 1.82) is 0 Å². The molecule has 24 heavy (non-hydrogen) atoms. The quantitative estimate of drug-likeness (QED) is 0.830. The molecule has 6 nitrogen and oxygen atoms in total. The summed E-state index contributed by atoms with van der Waals surface area (Å²) in [6.45, 7) is 3.26. The standard InChI is InChI=1S/C16H24N2O4S2/c1-10-6-15(23(3,19)20)11(2)16(7-10)24(21,22)18-14-8-12-4-5-13(9-14)17-12/h6-7,12-14,17-18H,4-5,8-9H2,1-3H3. The Hall–Kier alpha value is -0.960. The molecule has 1 aromatic carbocycles. The normalized spacial score (nSPS) is 27.4. The Morgan fingerprint density at radius 1 is 1.00 bits per heavy atom. The topological polar surface area (TPSA) is 92.3 Å². The van der Waals surface area contributed by atoms with Gasteiger partial charge in [-0.1, -0.05) is 0 Å².